The normalized spacial score (nSPS) is 10.4. The second-order valence-electron chi connectivity index (χ2n) is 4.53. The average molecular weight is 339 g/mol. The highest BCUT2D eigenvalue weighted by molar-refractivity contribution is 8.22. The van der Waals surface area contributed by atoms with Gasteiger partial charge in [0, 0.05) is 20.2 Å². The molecule has 2 aromatic rings. The summed E-state index contributed by atoms with van der Waals surface area (Å²) in [6.07, 6.45) is 0. The van der Waals surface area contributed by atoms with Gasteiger partial charge in [0.25, 0.3) is 0 Å². The molecule has 0 aliphatic carbocycles. The van der Waals surface area contributed by atoms with E-state index < -0.39 is 0 Å². The first-order chi connectivity index (χ1) is 10.5. The van der Waals surface area contributed by atoms with Crippen molar-refractivity contribution in [1.82, 2.24) is 15.0 Å². The van der Waals surface area contributed by atoms with E-state index in [1.165, 1.54) is 11.8 Å². The number of thioether (sulfide) groups is 1. The van der Waals surface area contributed by atoms with E-state index >= 15 is 0 Å². The van der Waals surface area contributed by atoms with Crippen molar-refractivity contribution >= 4 is 28.3 Å². The molecule has 8 heteroatoms. The van der Waals surface area contributed by atoms with Crippen LogP contribution in [0.5, 0.6) is 11.5 Å². The van der Waals surface area contributed by atoms with E-state index in [0.29, 0.717) is 29.0 Å². The number of ether oxygens (including phenoxy) is 2. The molecule has 0 saturated carbocycles. The van der Waals surface area contributed by atoms with Crippen molar-refractivity contribution in [2.75, 3.05) is 28.3 Å². The van der Waals surface area contributed by atoms with Gasteiger partial charge in [-0.1, -0.05) is 29.1 Å². The molecule has 22 heavy (non-hydrogen) atoms. The quantitative estimate of drug-likeness (QED) is 0.771. The predicted octanol–water partition coefficient (Wildman–Crippen LogP) is 2.83. The number of thiocarbonyl (C=S) groups is 1. The summed E-state index contributed by atoms with van der Waals surface area (Å²) >= 11 is 6.68. The average Bonchev–Trinajstić information content (AvgIpc) is 3.00. The summed E-state index contributed by atoms with van der Waals surface area (Å²) in [6.45, 7) is 0. The standard InChI is InChI=1S/C14H17N3O3S2/c1-17(2)14(21)22-8-12-15-13(16-20-12)10-6-5-9(18-3)7-11(10)19-4/h5-7H,8H2,1-4H3. The van der Waals surface area contributed by atoms with E-state index in [4.69, 9.17) is 26.2 Å². The van der Waals surface area contributed by atoms with Crippen LogP contribution in [-0.2, 0) is 5.75 Å². The maximum absolute atomic E-state index is 5.35. The van der Waals surface area contributed by atoms with E-state index in [-0.39, 0.29) is 0 Å². The minimum atomic E-state index is 0.478. The summed E-state index contributed by atoms with van der Waals surface area (Å²) in [7, 11) is 6.99. The minimum Gasteiger partial charge on any atom is -0.497 e. The van der Waals surface area contributed by atoms with Gasteiger partial charge in [0.05, 0.1) is 25.5 Å². The lowest BCUT2D eigenvalue weighted by Crippen LogP contribution is -2.16. The molecule has 0 bridgehead atoms. The highest BCUT2D eigenvalue weighted by Crippen LogP contribution is 2.31. The smallest absolute Gasteiger partial charge is 0.237 e. The third-order valence-corrected chi connectivity index (χ3v) is 4.52. The number of aromatic nitrogens is 2. The number of hydrogen-bond acceptors (Lipinski definition) is 7. The number of methoxy groups -OCH3 is 2. The van der Waals surface area contributed by atoms with Gasteiger partial charge in [-0.15, -0.1) is 0 Å². The molecule has 118 valence electrons. The maximum atomic E-state index is 5.35. The lowest BCUT2D eigenvalue weighted by Gasteiger charge is -2.10. The topological polar surface area (TPSA) is 60.6 Å². The summed E-state index contributed by atoms with van der Waals surface area (Å²) in [6, 6.07) is 5.44. The molecule has 0 atom stereocenters. The van der Waals surface area contributed by atoms with Crippen LogP contribution < -0.4 is 9.47 Å². The summed E-state index contributed by atoms with van der Waals surface area (Å²) < 4.78 is 16.5. The second kappa shape index (κ2) is 7.46. The Morgan fingerprint density at radius 1 is 1.32 bits per heavy atom. The minimum absolute atomic E-state index is 0.478. The molecule has 0 unspecified atom stereocenters. The highest BCUT2D eigenvalue weighted by Gasteiger charge is 2.15. The molecule has 0 N–H and O–H groups in total. The SMILES string of the molecule is COc1ccc(-c2noc(CSC(=S)N(C)C)n2)c(OC)c1. The second-order valence-corrected chi connectivity index (χ2v) is 6.14. The van der Waals surface area contributed by atoms with Gasteiger partial charge in [0.15, 0.2) is 0 Å². The van der Waals surface area contributed by atoms with Crippen molar-refractivity contribution in [1.29, 1.82) is 0 Å². The molecular weight excluding hydrogens is 322 g/mol. The van der Waals surface area contributed by atoms with Crippen molar-refractivity contribution < 1.29 is 14.0 Å². The molecule has 0 spiro atoms. The van der Waals surface area contributed by atoms with Crippen LogP contribution in [0.25, 0.3) is 11.4 Å². The van der Waals surface area contributed by atoms with Gasteiger partial charge in [-0.3, -0.25) is 0 Å². The van der Waals surface area contributed by atoms with Crippen molar-refractivity contribution in [3.8, 4) is 22.9 Å². The van der Waals surface area contributed by atoms with E-state index in [0.717, 1.165) is 9.88 Å². The van der Waals surface area contributed by atoms with E-state index in [9.17, 15) is 0 Å². The van der Waals surface area contributed by atoms with Gasteiger partial charge in [0.1, 0.15) is 15.8 Å². The van der Waals surface area contributed by atoms with Gasteiger partial charge in [0.2, 0.25) is 11.7 Å². The maximum Gasteiger partial charge on any atom is 0.237 e. The Morgan fingerprint density at radius 2 is 2.09 bits per heavy atom. The van der Waals surface area contributed by atoms with Crippen molar-refractivity contribution in [3.05, 3.63) is 24.1 Å². The first kappa shape index (κ1) is 16.6. The molecule has 0 aliphatic heterocycles. The monoisotopic (exact) mass is 339 g/mol. The van der Waals surface area contributed by atoms with Crippen LogP contribution in [0.2, 0.25) is 0 Å². The molecule has 0 saturated heterocycles. The number of benzene rings is 1. The zero-order valence-electron chi connectivity index (χ0n) is 12.8. The molecule has 6 nitrogen and oxygen atoms in total. The van der Waals surface area contributed by atoms with Crippen LogP contribution in [0.1, 0.15) is 5.89 Å². The number of rotatable bonds is 5. The Morgan fingerprint density at radius 3 is 2.73 bits per heavy atom. The Kier molecular flexibility index (Phi) is 5.62. The molecule has 0 fully saturated rings. The fraction of sp³-hybridized carbons (Fsp3) is 0.357. The fourth-order valence-corrected chi connectivity index (χ4v) is 2.46. The van der Waals surface area contributed by atoms with Crippen molar-refractivity contribution in [2.45, 2.75) is 5.75 Å². The number of hydrogen-bond donors (Lipinski definition) is 0. The Labute approximate surface area is 138 Å². The van der Waals surface area contributed by atoms with Crippen molar-refractivity contribution in [3.63, 3.8) is 0 Å². The van der Waals surface area contributed by atoms with Gasteiger partial charge in [-0.05, 0) is 12.1 Å². The van der Waals surface area contributed by atoms with Crippen LogP contribution in [0.3, 0.4) is 0 Å². The summed E-state index contributed by atoms with van der Waals surface area (Å²) in [5.74, 6) is 2.86. The van der Waals surface area contributed by atoms with E-state index in [1.807, 2.05) is 31.1 Å². The Balaban J connectivity index is 2.16. The zero-order valence-corrected chi connectivity index (χ0v) is 14.5. The summed E-state index contributed by atoms with van der Waals surface area (Å²) in [5.41, 5.74) is 0.749. The lowest BCUT2D eigenvalue weighted by atomic mass is 10.2. The van der Waals surface area contributed by atoms with Gasteiger partial charge in [-0.2, -0.15) is 4.98 Å². The molecule has 0 amide bonds. The molecule has 0 aliphatic rings. The lowest BCUT2D eigenvalue weighted by molar-refractivity contribution is 0.388. The van der Waals surface area contributed by atoms with Crippen LogP contribution >= 0.6 is 24.0 Å². The van der Waals surface area contributed by atoms with Gasteiger partial charge < -0.3 is 18.9 Å². The van der Waals surface area contributed by atoms with Crippen LogP contribution in [0.4, 0.5) is 0 Å². The Bertz CT molecular complexity index is 659. The van der Waals surface area contributed by atoms with E-state index in [2.05, 4.69) is 10.1 Å². The largest absolute Gasteiger partial charge is 0.497 e. The summed E-state index contributed by atoms with van der Waals surface area (Å²) in [4.78, 5) is 6.24. The first-order valence-electron chi connectivity index (χ1n) is 6.44. The van der Waals surface area contributed by atoms with Crippen molar-refractivity contribution in [2.24, 2.45) is 0 Å². The van der Waals surface area contributed by atoms with E-state index in [1.54, 1.807) is 20.3 Å². The third kappa shape index (κ3) is 3.89. The molecule has 0 radical (unpaired) electrons. The molecular formula is C14H17N3O3S2. The van der Waals surface area contributed by atoms with Crippen LogP contribution in [0, 0.1) is 0 Å². The van der Waals surface area contributed by atoms with Gasteiger partial charge >= 0.3 is 0 Å². The van der Waals surface area contributed by atoms with Gasteiger partial charge in [-0.25, -0.2) is 0 Å². The van der Waals surface area contributed by atoms with Crippen LogP contribution in [-0.4, -0.2) is 47.7 Å². The fourth-order valence-electron chi connectivity index (χ4n) is 1.66. The Hall–Kier alpha value is -1.80. The molecule has 1 aromatic carbocycles. The third-order valence-electron chi connectivity index (χ3n) is 2.80. The zero-order chi connectivity index (χ0) is 16.1. The first-order valence-corrected chi connectivity index (χ1v) is 7.83. The summed E-state index contributed by atoms with van der Waals surface area (Å²) in [5, 5.41) is 4.00. The molecule has 1 heterocycles. The molecule has 2 rings (SSSR count). The predicted molar refractivity (Wildman–Crippen MR) is 90.4 cm³/mol. The van der Waals surface area contributed by atoms with Crippen LogP contribution in [0.15, 0.2) is 22.7 Å². The molecule has 1 aromatic heterocycles. The number of nitrogens with zero attached hydrogens (tertiary/aromatic N) is 3. The highest BCUT2D eigenvalue weighted by atomic mass is 32.2.